The minimum absolute atomic E-state index is 0.0560. The Morgan fingerprint density at radius 3 is 2.32 bits per heavy atom. The molecule has 1 fully saturated rings. The largest absolute Gasteiger partial charge is 0.391 e. The van der Waals surface area contributed by atoms with Crippen molar-refractivity contribution in [2.24, 2.45) is 0 Å². The van der Waals surface area contributed by atoms with E-state index in [1.807, 2.05) is 0 Å². The fourth-order valence-corrected chi connectivity index (χ4v) is 3.80. The Kier molecular flexibility index (Phi) is 4.99. The Bertz CT molecular complexity index is 867. The number of sulfonamides is 1. The van der Waals surface area contributed by atoms with Gasteiger partial charge < -0.3 is 10.0 Å². The van der Waals surface area contributed by atoms with Crippen molar-refractivity contribution in [3.05, 3.63) is 59.1 Å². The van der Waals surface area contributed by atoms with Gasteiger partial charge >= 0.3 is 0 Å². The number of aliphatic hydroxyl groups is 1. The average molecular weight is 381 g/mol. The Hall–Kier alpha value is -2.09. The Balaban J connectivity index is 1.74. The van der Waals surface area contributed by atoms with E-state index in [1.54, 1.807) is 29.2 Å². The highest BCUT2D eigenvalue weighted by molar-refractivity contribution is 7.92. The molecule has 0 saturated carbocycles. The lowest BCUT2D eigenvalue weighted by molar-refractivity contribution is 0.0765. The summed E-state index contributed by atoms with van der Waals surface area (Å²) in [6.07, 6.45) is 0.0654. The van der Waals surface area contributed by atoms with Crippen LogP contribution in [0, 0.1) is 0 Å². The molecule has 0 aromatic heterocycles. The SMILES string of the molecule is O=C(c1ccc(S(=O)(=O)Nc2ccc(Cl)cc2)cc1)N1CC[C@@H](O)C1. The summed E-state index contributed by atoms with van der Waals surface area (Å²) in [5.41, 5.74) is 0.787. The van der Waals surface area contributed by atoms with Gasteiger partial charge in [0.2, 0.25) is 0 Å². The van der Waals surface area contributed by atoms with Gasteiger partial charge in [-0.1, -0.05) is 11.6 Å². The van der Waals surface area contributed by atoms with Crippen molar-refractivity contribution in [3.8, 4) is 0 Å². The number of β-amino-alcohol motifs (C(OH)–C–C–N with tert-alkyl or cyclic N) is 1. The number of anilines is 1. The van der Waals surface area contributed by atoms with Gasteiger partial charge in [-0.05, 0) is 55.0 Å². The molecule has 25 heavy (non-hydrogen) atoms. The lowest BCUT2D eigenvalue weighted by Gasteiger charge is -2.15. The minimum Gasteiger partial charge on any atom is -0.391 e. The number of benzene rings is 2. The highest BCUT2D eigenvalue weighted by Gasteiger charge is 2.25. The van der Waals surface area contributed by atoms with Crippen LogP contribution in [0.25, 0.3) is 0 Å². The monoisotopic (exact) mass is 380 g/mol. The number of carbonyl (C=O) groups excluding carboxylic acids is 1. The molecule has 0 unspecified atom stereocenters. The van der Waals surface area contributed by atoms with Gasteiger partial charge in [0.15, 0.2) is 0 Å². The summed E-state index contributed by atoms with van der Waals surface area (Å²) in [6.45, 7) is 0.801. The molecular formula is C17H17ClN2O4S. The predicted octanol–water partition coefficient (Wildman–Crippen LogP) is 2.35. The molecule has 1 heterocycles. The maximum absolute atomic E-state index is 12.4. The summed E-state index contributed by atoms with van der Waals surface area (Å²) in [4.78, 5) is 13.9. The zero-order valence-corrected chi connectivity index (χ0v) is 14.8. The fraction of sp³-hybridized carbons (Fsp3) is 0.235. The van der Waals surface area contributed by atoms with Gasteiger partial charge in [-0.3, -0.25) is 9.52 Å². The van der Waals surface area contributed by atoms with Crippen LogP contribution in [0.5, 0.6) is 0 Å². The Morgan fingerprint density at radius 1 is 1.12 bits per heavy atom. The lowest BCUT2D eigenvalue weighted by atomic mass is 10.2. The molecule has 2 aromatic carbocycles. The molecule has 2 N–H and O–H groups in total. The van der Waals surface area contributed by atoms with E-state index in [9.17, 15) is 18.3 Å². The molecule has 6 nitrogen and oxygen atoms in total. The van der Waals surface area contributed by atoms with Crippen molar-refractivity contribution < 1.29 is 18.3 Å². The van der Waals surface area contributed by atoms with E-state index in [2.05, 4.69) is 4.72 Å². The van der Waals surface area contributed by atoms with Gasteiger partial charge in [-0.2, -0.15) is 0 Å². The molecule has 0 aliphatic carbocycles. The highest BCUT2D eigenvalue weighted by Crippen LogP contribution is 2.20. The third-order valence-electron chi connectivity index (χ3n) is 3.96. The van der Waals surface area contributed by atoms with Crippen molar-refractivity contribution in [3.63, 3.8) is 0 Å². The molecule has 2 aromatic rings. The van der Waals surface area contributed by atoms with E-state index >= 15 is 0 Å². The van der Waals surface area contributed by atoms with Crippen molar-refractivity contribution in [2.75, 3.05) is 17.8 Å². The molecule has 0 bridgehead atoms. The average Bonchev–Trinajstić information content (AvgIpc) is 3.03. The summed E-state index contributed by atoms with van der Waals surface area (Å²) in [5, 5.41) is 10.0. The van der Waals surface area contributed by atoms with Crippen LogP contribution in [-0.2, 0) is 10.0 Å². The van der Waals surface area contributed by atoms with Crippen molar-refractivity contribution in [1.82, 2.24) is 4.90 Å². The Labute approximate surface area is 151 Å². The van der Waals surface area contributed by atoms with E-state index in [1.165, 1.54) is 24.3 Å². The van der Waals surface area contributed by atoms with Crippen molar-refractivity contribution >= 4 is 33.2 Å². The molecule has 1 aliphatic heterocycles. The number of amides is 1. The smallest absolute Gasteiger partial charge is 0.261 e. The number of carbonyl (C=O) groups is 1. The summed E-state index contributed by atoms with van der Waals surface area (Å²) in [5.74, 6) is -0.217. The first-order chi connectivity index (χ1) is 11.8. The molecule has 1 saturated heterocycles. The van der Waals surface area contributed by atoms with E-state index in [0.717, 1.165) is 0 Å². The first kappa shape index (κ1) is 17.7. The predicted molar refractivity (Wildman–Crippen MR) is 95.2 cm³/mol. The van der Waals surface area contributed by atoms with E-state index in [0.29, 0.717) is 35.8 Å². The summed E-state index contributed by atoms with van der Waals surface area (Å²) < 4.78 is 27.2. The van der Waals surface area contributed by atoms with Gasteiger partial charge in [0.1, 0.15) is 0 Å². The number of nitrogens with one attached hydrogen (secondary N) is 1. The summed E-state index contributed by atoms with van der Waals surface area (Å²) >= 11 is 5.78. The van der Waals surface area contributed by atoms with E-state index < -0.39 is 16.1 Å². The molecule has 0 radical (unpaired) electrons. The third kappa shape index (κ3) is 4.12. The van der Waals surface area contributed by atoms with Crippen LogP contribution in [0.4, 0.5) is 5.69 Å². The molecule has 1 aliphatic rings. The standard InChI is InChI=1S/C17H17ClN2O4S/c18-13-3-5-14(6-4-13)19-25(23,24)16-7-1-12(2-8-16)17(22)20-10-9-15(21)11-20/h1-8,15,19,21H,9-11H2/t15-/m1/s1. The van der Waals surface area contributed by atoms with Crippen molar-refractivity contribution in [2.45, 2.75) is 17.4 Å². The molecule has 132 valence electrons. The van der Waals surface area contributed by atoms with Gasteiger partial charge in [0.25, 0.3) is 15.9 Å². The highest BCUT2D eigenvalue weighted by atomic mass is 35.5. The van der Waals surface area contributed by atoms with Crippen LogP contribution in [0.2, 0.25) is 5.02 Å². The van der Waals surface area contributed by atoms with Gasteiger partial charge in [0.05, 0.1) is 11.0 Å². The number of halogens is 1. The van der Waals surface area contributed by atoms with Gasteiger partial charge in [-0.15, -0.1) is 0 Å². The van der Waals surface area contributed by atoms with Gasteiger partial charge in [0, 0.05) is 29.4 Å². The molecular weight excluding hydrogens is 364 g/mol. The zero-order chi connectivity index (χ0) is 18.0. The molecule has 1 amide bonds. The van der Waals surface area contributed by atoms with Crippen molar-refractivity contribution in [1.29, 1.82) is 0 Å². The molecule has 0 spiro atoms. The Morgan fingerprint density at radius 2 is 1.76 bits per heavy atom. The van der Waals surface area contributed by atoms with Crippen LogP contribution < -0.4 is 4.72 Å². The lowest BCUT2D eigenvalue weighted by Crippen LogP contribution is -2.29. The zero-order valence-electron chi connectivity index (χ0n) is 13.2. The van der Waals surface area contributed by atoms with Crippen LogP contribution >= 0.6 is 11.6 Å². The normalized spacial score (nSPS) is 17.5. The second-order valence-electron chi connectivity index (χ2n) is 5.83. The number of rotatable bonds is 4. The minimum atomic E-state index is -3.75. The first-order valence-corrected chi connectivity index (χ1v) is 9.57. The number of likely N-dealkylation sites (tertiary alicyclic amines) is 1. The van der Waals surface area contributed by atoms with Crippen LogP contribution in [-0.4, -0.2) is 43.5 Å². The van der Waals surface area contributed by atoms with Crippen LogP contribution in [0.1, 0.15) is 16.8 Å². The van der Waals surface area contributed by atoms with E-state index in [4.69, 9.17) is 11.6 Å². The number of hydrogen-bond acceptors (Lipinski definition) is 4. The first-order valence-electron chi connectivity index (χ1n) is 7.71. The second kappa shape index (κ2) is 7.03. The maximum Gasteiger partial charge on any atom is 0.261 e. The van der Waals surface area contributed by atoms with Crippen LogP contribution in [0.15, 0.2) is 53.4 Å². The number of nitrogens with zero attached hydrogens (tertiary/aromatic N) is 1. The molecule has 8 heteroatoms. The second-order valence-corrected chi connectivity index (χ2v) is 7.95. The summed E-state index contributed by atoms with van der Waals surface area (Å²) in [7, 11) is -3.75. The quantitative estimate of drug-likeness (QED) is 0.852. The number of hydrogen-bond donors (Lipinski definition) is 2. The maximum atomic E-state index is 12.4. The van der Waals surface area contributed by atoms with Crippen LogP contribution in [0.3, 0.4) is 0 Å². The fourth-order valence-electron chi connectivity index (χ4n) is 2.62. The van der Waals surface area contributed by atoms with Gasteiger partial charge in [-0.25, -0.2) is 8.42 Å². The molecule has 3 rings (SSSR count). The number of aliphatic hydroxyl groups excluding tert-OH is 1. The third-order valence-corrected chi connectivity index (χ3v) is 5.61. The van der Waals surface area contributed by atoms with E-state index in [-0.39, 0.29) is 10.8 Å². The summed E-state index contributed by atoms with van der Waals surface area (Å²) in [6, 6.07) is 12.0. The molecule has 1 atom stereocenters. The topological polar surface area (TPSA) is 86.7 Å².